The van der Waals surface area contributed by atoms with E-state index in [4.69, 9.17) is 17.3 Å². The highest BCUT2D eigenvalue weighted by molar-refractivity contribution is 6.31. The molecule has 0 saturated heterocycles. The number of carbonyl (C=O) groups is 1. The minimum atomic E-state index is 0.0856. The van der Waals surface area contributed by atoms with Crippen LogP contribution in [-0.4, -0.2) is 5.78 Å². The fourth-order valence-electron chi connectivity index (χ4n) is 0.998. The van der Waals surface area contributed by atoms with Crippen molar-refractivity contribution in [3.63, 3.8) is 0 Å². The van der Waals surface area contributed by atoms with Crippen LogP contribution in [0.25, 0.3) is 0 Å². The number of nitrogens with two attached hydrogens (primary N) is 1. The predicted octanol–water partition coefficient (Wildman–Crippen LogP) is 2.05. The van der Waals surface area contributed by atoms with Gasteiger partial charge in [-0.2, -0.15) is 0 Å². The van der Waals surface area contributed by atoms with E-state index in [-0.39, 0.29) is 5.78 Å². The lowest BCUT2D eigenvalue weighted by Crippen LogP contribution is -1.98. The summed E-state index contributed by atoms with van der Waals surface area (Å²) < 4.78 is 0. The number of carbonyl (C=O) groups excluding carboxylic acids is 1. The maximum absolute atomic E-state index is 10.8. The molecule has 0 aliphatic rings. The molecule has 1 aromatic carbocycles. The van der Waals surface area contributed by atoms with Crippen LogP contribution in [0.5, 0.6) is 0 Å². The first-order valence-corrected chi connectivity index (χ1v) is 4.00. The highest BCUT2D eigenvalue weighted by Crippen LogP contribution is 2.19. The van der Waals surface area contributed by atoms with E-state index in [1.807, 2.05) is 0 Å². The minimum Gasteiger partial charge on any atom is -0.399 e. The molecule has 0 spiro atoms. The molecule has 3 heteroatoms. The maximum Gasteiger partial charge on any atom is 0.134 e. The van der Waals surface area contributed by atoms with Crippen LogP contribution in [0.1, 0.15) is 12.5 Å². The summed E-state index contributed by atoms with van der Waals surface area (Å²) in [6.07, 6.45) is 0.351. The van der Waals surface area contributed by atoms with Gasteiger partial charge in [0.1, 0.15) is 5.78 Å². The van der Waals surface area contributed by atoms with Gasteiger partial charge >= 0.3 is 0 Å². The Bertz CT molecular complexity index is 309. The molecule has 1 aromatic rings. The lowest BCUT2D eigenvalue weighted by molar-refractivity contribution is -0.116. The van der Waals surface area contributed by atoms with Crippen LogP contribution in [0.4, 0.5) is 5.69 Å². The Kier molecular flexibility index (Phi) is 2.71. The van der Waals surface area contributed by atoms with Gasteiger partial charge in [-0.25, -0.2) is 0 Å². The molecule has 0 fully saturated rings. The van der Waals surface area contributed by atoms with Gasteiger partial charge in [-0.05, 0) is 30.7 Å². The van der Waals surface area contributed by atoms with Crippen molar-refractivity contribution < 1.29 is 4.79 Å². The highest BCUT2D eigenvalue weighted by Gasteiger charge is 2.02. The molecule has 0 radical (unpaired) electrons. The Labute approximate surface area is 76.3 Å². The zero-order valence-corrected chi connectivity index (χ0v) is 7.56. The Morgan fingerprint density at radius 2 is 2.25 bits per heavy atom. The van der Waals surface area contributed by atoms with Gasteiger partial charge in [-0.1, -0.05) is 11.6 Å². The molecular formula is C9H10ClNO. The lowest BCUT2D eigenvalue weighted by Gasteiger charge is -2.02. The number of hydrogen-bond donors (Lipinski definition) is 1. The van der Waals surface area contributed by atoms with Gasteiger partial charge in [0, 0.05) is 17.1 Å². The van der Waals surface area contributed by atoms with Gasteiger partial charge in [-0.15, -0.1) is 0 Å². The normalized spacial score (nSPS) is 9.83. The van der Waals surface area contributed by atoms with E-state index < -0.39 is 0 Å². The van der Waals surface area contributed by atoms with Crippen molar-refractivity contribution in [2.45, 2.75) is 13.3 Å². The Morgan fingerprint density at radius 3 is 2.83 bits per heavy atom. The maximum atomic E-state index is 10.8. The van der Waals surface area contributed by atoms with Gasteiger partial charge < -0.3 is 5.73 Å². The minimum absolute atomic E-state index is 0.0856. The van der Waals surface area contributed by atoms with Crippen molar-refractivity contribution in [3.8, 4) is 0 Å². The first-order valence-electron chi connectivity index (χ1n) is 3.63. The van der Waals surface area contributed by atoms with E-state index in [0.717, 1.165) is 5.56 Å². The Balaban J connectivity index is 2.97. The molecule has 12 heavy (non-hydrogen) atoms. The van der Waals surface area contributed by atoms with Gasteiger partial charge in [0.15, 0.2) is 0 Å². The molecule has 0 aliphatic heterocycles. The first kappa shape index (κ1) is 9.07. The molecule has 0 amide bonds. The number of nitrogen functional groups attached to an aromatic ring is 1. The van der Waals surface area contributed by atoms with Gasteiger partial charge in [0.05, 0.1) is 0 Å². The topological polar surface area (TPSA) is 43.1 Å². The summed E-state index contributed by atoms with van der Waals surface area (Å²) >= 11 is 5.83. The predicted molar refractivity (Wildman–Crippen MR) is 50.2 cm³/mol. The number of hydrogen-bond acceptors (Lipinski definition) is 2. The molecule has 0 bridgehead atoms. The smallest absolute Gasteiger partial charge is 0.134 e. The van der Waals surface area contributed by atoms with E-state index in [2.05, 4.69) is 0 Å². The van der Waals surface area contributed by atoms with E-state index >= 15 is 0 Å². The van der Waals surface area contributed by atoms with E-state index in [9.17, 15) is 4.79 Å². The number of Topliss-reactive ketones (excluding diaryl/α,β-unsaturated/α-hetero) is 1. The summed E-state index contributed by atoms with van der Waals surface area (Å²) in [4.78, 5) is 10.8. The molecule has 0 atom stereocenters. The number of rotatable bonds is 2. The highest BCUT2D eigenvalue weighted by atomic mass is 35.5. The van der Waals surface area contributed by atoms with Crippen molar-refractivity contribution in [2.75, 3.05) is 5.73 Å². The first-order chi connectivity index (χ1) is 5.59. The van der Waals surface area contributed by atoms with E-state index in [1.54, 1.807) is 18.2 Å². The Morgan fingerprint density at radius 1 is 1.58 bits per heavy atom. The molecule has 0 saturated carbocycles. The quantitative estimate of drug-likeness (QED) is 0.714. The third-order valence-electron chi connectivity index (χ3n) is 1.51. The third-order valence-corrected chi connectivity index (χ3v) is 1.88. The molecule has 0 aliphatic carbocycles. The molecule has 0 heterocycles. The summed E-state index contributed by atoms with van der Waals surface area (Å²) in [7, 11) is 0. The van der Waals surface area contributed by atoms with Crippen LogP contribution >= 0.6 is 11.6 Å². The summed E-state index contributed by atoms with van der Waals surface area (Å²) in [5.74, 6) is 0.0856. The van der Waals surface area contributed by atoms with Crippen LogP contribution in [0.3, 0.4) is 0 Å². The van der Waals surface area contributed by atoms with E-state index in [1.165, 1.54) is 6.92 Å². The van der Waals surface area contributed by atoms with Crippen LogP contribution in [-0.2, 0) is 11.2 Å². The zero-order chi connectivity index (χ0) is 9.14. The van der Waals surface area contributed by atoms with Crippen LogP contribution in [0.2, 0.25) is 5.02 Å². The molecule has 0 aromatic heterocycles. The fourth-order valence-corrected chi connectivity index (χ4v) is 1.18. The van der Waals surface area contributed by atoms with Gasteiger partial charge in [-0.3, -0.25) is 4.79 Å². The average molecular weight is 184 g/mol. The molecular weight excluding hydrogens is 174 g/mol. The second-order valence-corrected chi connectivity index (χ2v) is 3.14. The second kappa shape index (κ2) is 3.59. The summed E-state index contributed by atoms with van der Waals surface area (Å²) in [5.41, 5.74) is 6.96. The second-order valence-electron chi connectivity index (χ2n) is 2.73. The molecule has 0 unspecified atom stereocenters. The number of ketones is 1. The average Bonchev–Trinajstić information content (AvgIpc) is 1.96. The van der Waals surface area contributed by atoms with Crippen molar-refractivity contribution in [1.29, 1.82) is 0 Å². The van der Waals surface area contributed by atoms with Crippen molar-refractivity contribution in [3.05, 3.63) is 28.8 Å². The molecule has 2 nitrogen and oxygen atoms in total. The SMILES string of the molecule is CC(=O)Cc1cc(N)ccc1Cl. The van der Waals surface area contributed by atoms with Gasteiger partial charge in [0.2, 0.25) is 0 Å². The van der Waals surface area contributed by atoms with Crippen LogP contribution in [0, 0.1) is 0 Å². The van der Waals surface area contributed by atoms with E-state index in [0.29, 0.717) is 17.1 Å². The Hall–Kier alpha value is -1.02. The molecule has 64 valence electrons. The number of benzene rings is 1. The largest absolute Gasteiger partial charge is 0.399 e. The van der Waals surface area contributed by atoms with Crippen molar-refractivity contribution in [1.82, 2.24) is 0 Å². The lowest BCUT2D eigenvalue weighted by atomic mass is 10.1. The standard InChI is InChI=1S/C9H10ClNO/c1-6(12)4-7-5-8(11)2-3-9(7)10/h2-3,5H,4,11H2,1H3. The summed E-state index contributed by atoms with van der Waals surface area (Å²) in [6, 6.07) is 5.14. The molecule has 2 N–H and O–H groups in total. The summed E-state index contributed by atoms with van der Waals surface area (Å²) in [6.45, 7) is 1.53. The van der Waals surface area contributed by atoms with Crippen molar-refractivity contribution >= 4 is 23.1 Å². The zero-order valence-electron chi connectivity index (χ0n) is 6.80. The van der Waals surface area contributed by atoms with Crippen LogP contribution < -0.4 is 5.73 Å². The number of halogens is 1. The number of anilines is 1. The molecule has 1 rings (SSSR count). The fraction of sp³-hybridized carbons (Fsp3) is 0.222. The summed E-state index contributed by atoms with van der Waals surface area (Å²) in [5, 5.41) is 0.597. The van der Waals surface area contributed by atoms with Gasteiger partial charge in [0.25, 0.3) is 0 Å². The van der Waals surface area contributed by atoms with Crippen LogP contribution in [0.15, 0.2) is 18.2 Å². The van der Waals surface area contributed by atoms with Crippen molar-refractivity contribution in [2.24, 2.45) is 0 Å². The monoisotopic (exact) mass is 183 g/mol. The third kappa shape index (κ3) is 2.24.